The summed E-state index contributed by atoms with van der Waals surface area (Å²) in [6.45, 7) is 3.87. The van der Waals surface area contributed by atoms with Crippen LogP contribution < -0.4 is 11.4 Å². The summed E-state index contributed by atoms with van der Waals surface area (Å²) in [7, 11) is 0. The fraction of sp³-hybridized carbons (Fsp3) is 0.636. The minimum atomic E-state index is -0.264. The van der Waals surface area contributed by atoms with Crippen molar-refractivity contribution >= 4 is 0 Å². The van der Waals surface area contributed by atoms with Crippen LogP contribution in [0.1, 0.15) is 23.9 Å². The van der Waals surface area contributed by atoms with E-state index >= 15 is 0 Å². The van der Waals surface area contributed by atoms with Gasteiger partial charge in [-0.3, -0.25) is 0 Å². The molecule has 0 fully saturated rings. The highest BCUT2D eigenvalue weighted by Gasteiger charge is 2.17. The molecule has 5 nitrogen and oxygen atoms in total. The third kappa shape index (κ3) is 2.31. The summed E-state index contributed by atoms with van der Waals surface area (Å²) in [4.78, 5) is 18.2. The Hall–Kier alpha value is -1.20. The number of nitrogens with zero attached hydrogens (tertiary/aromatic N) is 1. The Morgan fingerprint density at radius 3 is 3.19 bits per heavy atom. The Balaban J connectivity index is 2.35. The first kappa shape index (κ1) is 11.3. The number of ether oxygens (including phenoxy) is 1. The third-order valence-corrected chi connectivity index (χ3v) is 2.89. The van der Waals surface area contributed by atoms with Crippen molar-refractivity contribution in [3.63, 3.8) is 0 Å². The summed E-state index contributed by atoms with van der Waals surface area (Å²) >= 11 is 0. The molecule has 0 saturated heterocycles. The first-order chi connectivity index (χ1) is 7.70. The normalized spacial score (nSPS) is 16.9. The van der Waals surface area contributed by atoms with Crippen molar-refractivity contribution in [3.05, 3.63) is 27.4 Å². The fourth-order valence-electron chi connectivity index (χ4n) is 1.91. The molecule has 1 aromatic rings. The Morgan fingerprint density at radius 2 is 2.44 bits per heavy atom. The molecular formula is C11H17N3O2. The summed E-state index contributed by atoms with van der Waals surface area (Å²) in [5.41, 5.74) is 8.19. The van der Waals surface area contributed by atoms with Crippen LogP contribution in [0.15, 0.2) is 4.79 Å². The van der Waals surface area contributed by atoms with E-state index in [1.165, 1.54) is 0 Å². The van der Waals surface area contributed by atoms with Crippen molar-refractivity contribution in [2.24, 2.45) is 11.7 Å². The van der Waals surface area contributed by atoms with Gasteiger partial charge in [0.05, 0.1) is 18.9 Å². The van der Waals surface area contributed by atoms with Crippen molar-refractivity contribution in [3.8, 4) is 0 Å². The predicted molar refractivity (Wildman–Crippen MR) is 60.1 cm³/mol. The Morgan fingerprint density at radius 1 is 1.62 bits per heavy atom. The van der Waals surface area contributed by atoms with Gasteiger partial charge in [-0.2, -0.15) is 4.98 Å². The van der Waals surface area contributed by atoms with Gasteiger partial charge in [-0.1, -0.05) is 6.92 Å². The van der Waals surface area contributed by atoms with Crippen LogP contribution >= 0.6 is 0 Å². The van der Waals surface area contributed by atoms with Crippen LogP contribution in [-0.4, -0.2) is 23.1 Å². The molecular weight excluding hydrogens is 206 g/mol. The van der Waals surface area contributed by atoms with E-state index < -0.39 is 0 Å². The average Bonchev–Trinajstić information content (AvgIpc) is 2.28. The fourth-order valence-corrected chi connectivity index (χ4v) is 1.91. The first-order valence-corrected chi connectivity index (χ1v) is 5.59. The largest absolute Gasteiger partial charge is 0.376 e. The zero-order valence-corrected chi connectivity index (χ0v) is 9.45. The summed E-state index contributed by atoms with van der Waals surface area (Å²) in [5.74, 6) is 0.334. The van der Waals surface area contributed by atoms with Crippen LogP contribution in [0.25, 0.3) is 0 Å². The number of rotatable bonds is 3. The molecule has 88 valence electrons. The van der Waals surface area contributed by atoms with Gasteiger partial charge in [0.15, 0.2) is 0 Å². The number of aromatic nitrogens is 2. The number of nitrogens with one attached hydrogen (secondary N) is 1. The van der Waals surface area contributed by atoms with E-state index in [0.29, 0.717) is 25.7 Å². The molecule has 0 aromatic carbocycles. The lowest BCUT2D eigenvalue weighted by molar-refractivity contribution is 0.107. The van der Waals surface area contributed by atoms with Gasteiger partial charge < -0.3 is 15.5 Å². The molecule has 1 aromatic heterocycles. The van der Waals surface area contributed by atoms with E-state index in [9.17, 15) is 4.79 Å². The van der Waals surface area contributed by atoms with Crippen LogP contribution in [0.4, 0.5) is 0 Å². The maximum Gasteiger partial charge on any atom is 0.345 e. The highest BCUT2D eigenvalue weighted by Crippen LogP contribution is 2.18. The van der Waals surface area contributed by atoms with Gasteiger partial charge in [-0.05, 0) is 18.9 Å². The Kier molecular flexibility index (Phi) is 3.36. The SMILES string of the molecule is CC(CN)Cc1nc(=O)[nH]c2c1COCC2. The summed E-state index contributed by atoms with van der Waals surface area (Å²) in [5, 5.41) is 0. The third-order valence-electron chi connectivity index (χ3n) is 2.89. The lowest BCUT2D eigenvalue weighted by atomic mass is 9.99. The van der Waals surface area contributed by atoms with Crippen molar-refractivity contribution in [1.29, 1.82) is 0 Å². The molecule has 16 heavy (non-hydrogen) atoms. The molecule has 0 aliphatic carbocycles. The molecule has 0 spiro atoms. The van der Waals surface area contributed by atoms with E-state index in [2.05, 4.69) is 16.9 Å². The number of H-pyrrole nitrogens is 1. The first-order valence-electron chi connectivity index (χ1n) is 5.59. The summed E-state index contributed by atoms with van der Waals surface area (Å²) in [6, 6.07) is 0. The van der Waals surface area contributed by atoms with Gasteiger partial charge in [-0.15, -0.1) is 0 Å². The van der Waals surface area contributed by atoms with Crippen molar-refractivity contribution in [2.75, 3.05) is 13.2 Å². The average molecular weight is 223 g/mol. The van der Waals surface area contributed by atoms with Crippen LogP contribution in [0.5, 0.6) is 0 Å². The molecule has 2 rings (SSSR count). The smallest absolute Gasteiger partial charge is 0.345 e. The summed E-state index contributed by atoms with van der Waals surface area (Å²) < 4.78 is 5.40. The van der Waals surface area contributed by atoms with E-state index in [4.69, 9.17) is 10.5 Å². The van der Waals surface area contributed by atoms with Gasteiger partial charge in [-0.25, -0.2) is 4.79 Å². The van der Waals surface area contributed by atoms with Gasteiger partial charge in [0.25, 0.3) is 0 Å². The van der Waals surface area contributed by atoms with E-state index in [1.807, 2.05) is 0 Å². The highest BCUT2D eigenvalue weighted by molar-refractivity contribution is 5.26. The zero-order chi connectivity index (χ0) is 11.5. The van der Waals surface area contributed by atoms with Crippen LogP contribution in [0.2, 0.25) is 0 Å². The van der Waals surface area contributed by atoms with Gasteiger partial charge in [0.2, 0.25) is 0 Å². The molecule has 0 bridgehead atoms. The number of hydrogen-bond acceptors (Lipinski definition) is 4. The molecule has 1 unspecified atom stereocenters. The molecule has 1 atom stereocenters. The van der Waals surface area contributed by atoms with Gasteiger partial charge >= 0.3 is 5.69 Å². The second kappa shape index (κ2) is 4.76. The molecule has 2 heterocycles. The molecule has 1 aliphatic rings. The predicted octanol–water partition coefficient (Wildman–Crippen LogP) is -0.0201. The summed E-state index contributed by atoms with van der Waals surface area (Å²) in [6.07, 6.45) is 1.50. The Bertz CT molecular complexity index is 428. The van der Waals surface area contributed by atoms with Gasteiger partial charge in [0, 0.05) is 17.7 Å². The number of aromatic amines is 1. The van der Waals surface area contributed by atoms with Crippen molar-refractivity contribution < 1.29 is 4.74 Å². The number of nitrogens with two attached hydrogens (primary N) is 1. The minimum absolute atomic E-state index is 0.264. The number of fused-ring (bicyclic) bond motifs is 1. The standard InChI is InChI=1S/C11H17N3O2/c1-7(5-12)4-10-8-6-16-3-2-9(8)13-11(15)14-10/h7H,2-6,12H2,1H3,(H,13,14,15). The second-order valence-corrected chi connectivity index (χ2v) is 4.29. The minimum Gasteiger partial charge on any atom is -0.376 e. The number of hydrogen-bond donors (Lipinski definition) is 2. The topological polar surface area (TPSA) is 81.0 Å². The van der Waals surface area contributed by atoms with Crippen molar-refractivity contribution in [2.45, 2.75) is 26.4 Å². The lowest BCUT2D eigenvalue weighted by Gasteiger charge is -2.19. The highest BCUT2D eigenvalue weighted by atomic mass is 16.5. The second-order valence-electron chi connectivity index (χ2n) is 4.29. The van der Waals surface area contributed by atoms with Gasteiger partial charge in [0.1, 0.15) is 0 Å². The molecule has 0 radical (unpaired) electrons. The van der Waals surface area contributed by atoms with E-state index in [0.717, 1.165) is 29.8 Å². The molecule has 0 amide bonds. The zero-order valence-electron chi connectivity index (χ0n) is 9.45. The maximum atomic E-state index is 11.4. The monoisotopic (exact) mass is 223 g/mol. The van der Waals surface area contributed by atoms with E-state index in [-0.39, 0.29) is 5.69 Å². The van der Waals surface area contributed by atoms with E-state index in [1.54, 1.807) is 0 Å². The Labute approximate surface area is 94.0 Å². The van der Waals surface area contributed by atoms with Crippen molar-refractivity contribution in [1.82, 2.24) is 9.97 Å². The quantitative estimate of drug-likeness (QED) is 0.754. The molecule has 0 saturated carbocycles. The maximum absolute atomic E-state index is 11.4. The lowest BCUT2D eigenvalue weighted by Crippen LogP contribution is -2.25. The van der Waals surface area contributed by atoms with Crippen LogP contribution in [0.3, 0.4) is 0 Å². The van der Waals surface area contributed by atoms with Crippen LogP contribution in [0, 0.1) is 5.92 Å². The van der Waals surface area contributed by atoms with Crippen LogP contribution in [-0.2, 0) is 24.2 Å². The molecule has 5 heteroatoms. The molecule has 1 aliphatic heterocycles. The molecule has 3 N–H and O–H groups in total.